The number of aliphatic hydroxyl groups is 1. The van der Waals surface area contributed by atoms with Gasteiger partial charge in [-0.3, -0.25) is 4.79 Å². The molecule has 1 aliphatic heterocycles. The molecule has 3 N–H and O–H groups in total. The molecule has 6 nitrogen and oxygen atoms in total. The molecule has 0 unspecified atom stereocenters. The number of aromatic nitrogens is 1. The summed E-state index contributed by atoms with van der Waals surface area (Å²) in [6, 6.07) is 9.41. The van der Waals surface area contributed by atoms with Crippen LogP contribution in [-0.2, 0) is 11.2 Å². The molecule has 1 aliphatic rings. The van der Waals surface area contributed by atoms with E-state index in [0.29, 0.717) is 39.5 Å². The van der Waals surface area contributed by atoms with Crippen LogP contribution < -0.4 is 10.6 Å². The molecule has 0 bridgehead atoms. The Balaban J connectivity index is 1.63. The van der Waals surface area contributed by atoms with Crippen LogP contribution in [0.3, 0.4) is 0 Å². The first-order valence-electron chi connectivity index (χ1n) is 11.4. The summed E-state index contributed by atoms with van der Waals surface area (Å²) in [6.07, 6.45) is 7.81. The molecule has 9 heteroatoms. The highest BCUT2D eigenvalue weighted by Crippen LogP contribution is 2.31. The lowest BCUT2D eigenvalue weighted by molar-refractivity contribution is -0.121. The van der Waals surface area contributed by atoms with Gasteiger partial charge in [-0.15, -0.1) is 0 Å². The van der Waals surface area contributed by atoms with Gasteiger partial charge in [0.1, 0.15) is 29.4 Å². The Morgan fingerprint density at radius 1 is 1.22 bits per heavy atom. The van der Waals surface area contributed by atoms with Crippen LogP contribution in [0.4, 0.5) is 8.78 Å². The quantitative estimate of drug-likeness (QED) is 0.348. The Hall–Kier alpha value is -4.17. The van der Waals surface area contributed by atoms with Crippen molar-refractivity contribution in [1.29, 1.82) is 0 Å². The first kappa shape index (κ1) is 25.9. The first-order valence-corrected chi connectivity index (χ1v) is 11.8. The fourth-order valence-electron chi connectivity index (χ4n) is 3.95. The minimum Gasteiger partial charge on any atom is -0.508 e. The lowest BCUT2D eigenvalue weighted by atomic mass is 9.96. The monoisotopic (exact) mass is 523 g/mol. The Kier molecular flexibility index (Phi) is 8.20. The van der Waals surface area contributed by atoms with Gasteiger partial charge in [-0.05, 0) is 65.1 Å². The number of amides is 1. The van der Waals surface area contributed by atoms with Crippen LogP contribution >= 0.6 is 11.6 Å². The number of nitrogens with zero attached hydrogens (tertiary/aromatic N) is 1. The Labute approximate surface area is 217 Å². The minimum absolute atomic E-state index is 0.0150. The third kappa shape index (κ3) is 6.95. The zero-order valence-electron chi connectivity index (χ0n) is 19.7. The molecule has 0 fully saturated rings. The molecular weight excluding hydrogens is 500 g/mol. The van der Waals surface area contributed by atoms with Gasteiger partial charge in [0.25, 0.3) is 0 Å². The summed E-state index contributed by atoms with van der Waals surface area (Å²) in [5.41, 5.74) is 3.09. The van der Waals surface area contributed by atoms with Crippen molar-refractivity contribution < 1.29 is 23.2 Å². The normalized spacial score (nSPS) is 16.8. The zero-order valence-corrected chi connectivity index (χ0v) is 20.4. The van der Waals surface area contributed by atoms with Gasteiger partial charge in [0.2, 0.25) is 5.91 Å². The third-order valence-corrected chi connectivity index (χ3v) is 5.92. The van der Waals surface area contributed by atoms with Crippen LogP contribution in [0.25, 0.3) is 11.1 Å². The number of halogens is 3. The number of carbonyl (C=O) groups is 1. The maximum absolute atomic E-state index is 13.9. The number of allylic oxidation sites excluding steroid dienone is 3. The molecule has 1 aromatic heterocycles. The predicted octanol–water partition coefficient (Wildman–Crippen LogP) is 6.10. The van der Waals surface area contributed by atoms with E-state index in [4.69, 9.17) is 16.1 Å². The Morgan fingerprint density at radius 2 is 1.95 bits per heavy atom. The second kappa shape index (κ2) is 11.7. The minimum atomic E-state index is -0.776. The highest BCUT2D eigenvalue weighted by atomic mass is 35.5. The summed E-state index contributed by atoms with van der Waals surface area (Å²) < 4.78 is 33.1. The van der Waals surface area contributed by atoms with Crippen LogP contribution in [0.1, 0.15) is 23.7 Å². The number of hydrogen-bond donors (Lipinski definition) is 3. The van der Waals surface area contributed by atoms with E-state index >= 15 is 0 Å². The fourth-order valence-corrected chi connectivity index (χ4v) is 4.07. The summed E-state index contributed by atoms with van der Waals surface area (Å²) in [6.45, 7) is 4.39. The van der Waals surface area contributed by atoms with E-state index in [1.54, 1.807) is 36.5 Å². The van der Waals surface area contributed by atoms with Crippen LogP contribution in [0.15, 0.2) is 101 Å². The molecule has 0 radical (unpaired) electrons. The van der Waals surface area contributed by atoms with Gasteiger partial charge in [0.15, 0.2) is 0 Å². The SMILES string of the molecule is C=C1/C=C(O)\C=C/CNC=C1CC(=O)N[C@H](Cc1cc(F)cc(F)c1)c1nocc1-c1ccc(Cl)cc1. The maximum Gasteiger partial charge on any atom is 0.225 e. The molecule has 4 rings (SSSR count). The third-order valence-electron chi connectivity index (χ3n) is 5.67. The summed E-state index contributed by atoms with van der Waals surface area (Å²) in [7, 11) is 0. The number of rotatable bonds is 7. The van der Waals surface area contributed by atoms with Crippen LogP contribution in [0.2, 0.25) is 5.02 Å². The lowest BCUT2D eigenvalue weighted by Crippen LogP contribution is -2.31. The number of benzene rings is 2. The molecule has 2 aromatic carbocycles. The molecule has 190 valence electrons. The van der Waals surface area contributed by atoms with E-state index in [0.717, 1.165) is 11.6 Å². The molecule has 2 heterocycles. The van der Waals surface area contributed by atoms with Crippen LogP contribution in [0.5, 0.6) is 0 Å². The highest BCUT2D eigenvalue weighted by Gasteiger charge is 2.24. The molecule has 0 spiro atoms. The molecule has 0 saturated carbocycles. The Bertz CT molecular complexity index is 1370. The van der Waals surface area contributed by atoms with Gasteiger partial charge in [-0.25, -0.2) is 8.78 Å². The molecule has 0 saturated heterocycles. The van der Waals surface area contributed by atoms with Crippen molar-refractivity contribution >= 4 is 17.5 Å². The number of aliphatic hydroxyl groups excluding tert-OH is 1. The van der Waals surface area contributed by atoms with Gasteiger partial charge in [0, 0.05) is 29.4 Å². The predicted molar refractivity (Wildman–Crippen MR) is 138 cm³/mol. The zero-order chi connectivity index (χ0) is 26.4. The van der Waals surface area contributed by atoms with Gasteiger partial charge >= 0.3 is 0 Å². The fraction of sp³-hybridized carbons (Fsp3) is 0.143. The number of nitrogens with one attached hydrogen (secondary N) is 2. The molecule has 37 heavy (non-hydrogen) atoms. The van der Waals surface area contributed by atoms with Crippen LogP contribution in [0, 0.1) is 11.6 Å². The van der Waals surface area contributed by atoms with Crippen molar-refractivity contribution in [2.75, 3.05) is 6.54 Å². The Morgan fingerprint density at radius 3 is 2.68 bits per heavy atom. The molecule has 3 aromatic rings. The molecule has 0 aliphatic carbocycles. The average molecular weight is 524 g/mol. The average Bonchev–Trinajstić information content (AvgIpc) is 3.33. The summed E-state index contributed by atoms with van der Waals surface area (Å²) >= 11 is 6.02. The topological polar surface area (TPSA) is 87.4 Å². The standard InChI is InChI=1S/C28H24ClF2N3O3/c1-17-9-24(35)3-2-8-32-15-20(17)13-27(36)33-26(12-18-10-22(30)14-23(31)11-18)28-25(16-37-34-28)19-4-6-21(29)7-5-19/h2-7,9-11,14-16,26,32,35H,1,8,12-13H2,(H,33,36)/b3-2-,20-15?,24-9+/t26-/m1/s1. The lowest BCUT2D eigenvalue weighted by Gasteiger charge is -2.19. The largest absolute Gasteiger partial charge is 0.508 e. The smallest absolute Gasteiger partial charge is 0.225 e. The molecular formula is C28H24ClF2N3O3. The van der Waals surface area contributed by atoms with Crippen molar-refractivity contribution in [3.05, 3.63) is 125 Å². The van der Waals surface area contributed by atoms with Crippen molar-refractivity contribution in [3.8, 4) is 11.1 Å². The second-order valence-electron chi connectivity index (χ2n) is 8.47. The molecule has 1 atom stereocenters. The van der Waals surface area contributed by atoms with Gasteiger partial charge < -0.3 is 20.3 Å². The van der Waals surface area contributed by atoms with Crippen molar-refractivity contribution in [3.63, 3.8) is 0 Å². The second-order valence-corrected chi connectivity index (χ2v) is 8.91. The van der Waals surface area contributed by atoms with Gasteiger partial charge in [0.05, 0.1) is 12.5 Å². The maximum atomic E-state index is 13.9. The van der Waals surface area contributed by atoms with E-state index in [9.17, 15) is 18.7 Å². The summed E-state index contributed by atoms with van der Waals surface area (Å²) in [4.78, 5) is 13.2. The van der Waals surface area contributed by atoms with Gasteiger partial charge in [-0.2, -0.15) is 0 Å². The van der Waals surface area contributed by atoms with E-state index in [1.165, 1.54) is 30.5 Å². The first-order chi connectivity index (χ1) is 17.8. The molecule has 1 amide bonds. The van der Waals surface area contributed by atoms with Crippen molar-refractivity contribution in [2.24, 2.45) is 0 Å². The van der Waals surface area contributed by atoms with E-state index < -0.39 is 17.7 Å². The summed E-state index contributed by atoms with van der Waals surface area (Å²) in [5.74, 6) is -1.82. The van der Waals surface area contributed by atoms with E-state index in [2.05, 4.69) is 22.4 Å². The van der Waals surface area contributed by atoms with E-state index in [1.807, 2.05) is 0 Å². The highest BCUT2D eigenvalue weighted by molar-refractivity contribution is 6.30. The van der Waals surface area contributed by atoms with Crippen molar-refractivity contribution in [2.45, 2.75) is 18.9 Å². The summed E-state index contributed by atoms with van der Waals surface area (Å²) in [5, 5.41) is 20.6. The number of hydrogen-bond acceptors (Lipinski definition) is 5. The van der Waals surface area contributed by atoms with Gasteiger partial charge in [-0.1, -0.05) is 41.5 Å². The van der Waals surface area contributed by atoms with Crippen LogP contribution in [-0.4, -0.2) is 22.7 Å². The van der Waals surface area contributed by atoms with Crippen molar-refractivity contribution in [1.82, 2.24) is 15.8 Å². The van der Waals surface area contributed by atoms with E-state index in [-0.39, 0.29) is 24.5 Å². The number of carbonyl (C=O) groups excluding carboxylic acids is 1.